The maximum Gasteiger partial charge on any atom is 0.240 e. The first-order valence-corrected chi connectivity index (χ1v) is 8.57. The summed E-state index contributed by atoms with van der Waals surface area (Å²) in [6, 6.07) is 7.08. The second-order valence-electron chi connectivity index (χ2n) is 5.08. The Balaban J connectivity index is 1.97. The van der Waals surface area contributed by atoms with Crippen LogP contribution in [0.1, 0.15) is 31.7 Å². The molecular weight excluding hydrogens is 272 g/mol. The molecule has 0 atom stereocenters. The van der Waals surface area contributed by atoms with E-state index in [2.05, 4.69) is 17.0 Å². The summed E-state index contributed by atoms with van der Waals surface area (Å²) in [4.78, 5) is 0.337. The van der Waals surface area contributed by atoms with Crippen molar-refractivity contribution in [1.29, 1.82) is 0 Å². The van der Waals surface area contributed by atoms with Crippen molar-refractivity contribution in [2.24, 2.45) is 0 Å². The highest BCUT2D eigenvalue weighted by atomic mass is 32.2. The lowest BCUT2D eigenvalue weighted by Gasteiger charge is -2.13. The molecule has 1 aromatic rings. The van der Waals surface area contributed by atoms with Gasteiger partial charge in [-0.3, -0.25) is 0 Å². The van der Waals surface area contributed by atoms with Crippen LogP contribution in [0.5, 0.6) is 0 Å². The molecule has 2 rings (SSSR count). The molecule has 0 saturated carbocycles. The minimum atomic E-state index is -3.40. The summed E-state index contributed by atoms with van der Waals surface area (Å²) in [6.07, 6.45) is 6.66. The predicted molar refractivity (Wildman–Crippen MR) is 80.9 cm³/mol. The van der Waals surface area contributed by atoms with Crippen LogP contribution in [-0.4, -0.2) is 21.0 Å². The lowest BCUT2D eigenvalue weighted by molar-refractivity contribution is 0.557. The van der Waals surface area contributed by atoms with Gasteiger partial charge in [-0.1, -0.05) is 31.2 Å². The topological polar surface area (TPSA) is 58.2 Å². The van der Waals surface area contributed by atoms with E-state index < -0.39 is 10.0 Å². The van der Waals surface area contributed by atoms with Crippen molar-refractivity contribution in [3.8, 4) is 0 Å². The van der Waals surface area contributed by atoms with Crippen molar-refractivity contribution < 1.29 is 8.42 Å². The molecule has 0 saturated heterocycles. The standard InChI is InChI=1S/C15H22N2O2S/c1-2-11-16-12-13-7-9-15(10-8-13)20(18,19)17-14-5-3-4-6-14/h3-4,7-10,14,16-17H,2,5-6,11-12H2,1H3. The highest BCUT2D eigenvalue weighted by molar-refractivity contribution is 7.89. The number of rotatable bonds is 7. The van der Waals surface area contributed by atoms with Crippen LogP contribution < -0.4 is 10.0 Å². The van der Waals surface area contributed by atoms with Crippen LogP contribution in [0.3, 0.4) is 0 Å². The lowest BCUT2D eigenvalue weighted by Crippen LogP contribution is -2.32. The summed E-state index contributed by atoms with van der Waals surface area (Å²) in [5, 5.41) is 3.29. The molecule has 5 heteroatoms. The zero-order chi connectivity index (χ0) is 14.4. The Morgan fingerprint density at radius 3 is 2.40 bits per heavy atom. The Labute approximate surface area is 121 Å². The van der Waals surface area contributed by atoms with E-state index in [4.69, 9.17) is 0 Å². The summed E-state index contributed by atoms with van der Waals surface area (Å²) >= 11 is 0. The molecule has 20 heavy (non-hydrogen) atoms. The van der Waals surface area contributed by atoms with E-state index in [-0.39, 0.29) is 6.04 Å². The molecule has 1 aliphatic carbocycles. The lowest BCUT2D eigenvalue weighted by atomic mass is 10.2. The van der Waals surface area contributed by atoms with Crippen LogP contribution in [0.2, 0.25) is 0 Å². The third-order valence-electron chi connectivity index (χ3n) is 3.32. The fourth-order valence-corrected chi connectivity index (χ4v) is 3.46. The Morgan fingerprint density at radius 1 is 1.15 bits per heavy atom. The number of hydrogen-bond donors (Lipinski definition) is 2. The van der Waals surface area contributed by atoms with Crippen LogP contribution in [0.4, 0.5) is 0 Å². The molecule has 0 fully saturated rings. The highest BCUT2D eigenvalue weighted by Gasteiger charge is 2.20. The Morgan fingerprint density at radius 2 is 1.80 bits per heavy atom. The first-order valence-electron chi connectivity index (χ1n) is 7.09. The second kappa shape index (κ2) is 7.02. The van der Waals surface area contributed by atoms with Gasteiger partial charge in [-0.15, -0.1) is 0 Å². The number of hydrogen-bond acceptors (Lipinski definition) is 3. The maximum atomic E-state index is 12.2. The maximum absolute atomic E-state index is 12.2. The van der Waals surface area contributed by atoms with Crippen molar-refractivity contribution in [3.63, 3.8) is 0 Å². The van der Waals surface area contributed by atoms with E-state index in [1.54, 1.807) is 12.1 Å². The van der Waals surface area contributed by atoms with Crippen LogP contribution in [0.25, 0.3) is 0 Å². The second-order valence-corrected chi connectivity index (χ2v) is 6.80. The summed E-state index contributed by atoms with van der Waals surface area (Å²) in [5.41, 5.74) is 1.10. The third-order valence-corrected chi connectivity index (χ3v) is 4.86. The Hall–Kier alpha value is -1.17. The van der Waals surface area contributed by atoms with Gasteiger partial charge in [-0.25, -0.2) is 13.1 Å². The van der Waals surface area contributed by atoms with E-state index in [1.807, 2.05) is 24.3 Å². The van der Waals surface area contributed by atoms with E-state index in [1.165, 1.54) is 0 Å². The largest absolute Gasteiger partial charge is 0.313 e. The van der Waals surface area contributed by atoms with Crippen LogP contribution in [-0.2, 0) is 16.6 Å². The molecule has 0 unspecified atom stereocenters. The smallest absolute Gasteiger partial charge is 0.240 e. The van der Waals surface area contributed by atoms with Gasteiger partial charge in [0.05, 0.1) is 4.90 Å². The van der Waals surface area contributed by atoms with E-state index >= 15 is 0 Å². The molecule has 4 nitrogen and oxygen atoms in total. The monoisotopic (exact) mass is 294 g/mol. The molecule has 1 aromatic carbocycles. The van der Waals surface area contributed by atoms with Gasteiger partial charge >= 0.3 is 0 Å². The minimum Gasteiger partial charge on any atom is -0.313 e. The SMILES string of the molecule is CCCNCc1ccc(S(=O)(=O)NC2CC=CC2)cc1. The first-order chi connectivity index (χ1) is 9.62. The minimum absolute atomic E-state index is 0.00546. The van der Waals surface area contributed by atoms with Gasteiger partial charge in [0.2, 0.25) is 10.0 Å². The third kappa shape index (κ3) is 4.16. The van der Waals surface area contributed by atoms with Gasteiger partial charge in [0.15, 0.2) is 0 Å². The average molecular weight is 294 g/mol. The van der Waals surface area contributed by atoms with Crippen molar-refractivity contribution in [2.75, 3.05) is 6.54 Å². The van der Waals surface area contributed by atoms with Gasteiger partial charge in [-0.05, 0) is 43.5 Å². The van der Waals surface area contributed by atoms with Crippen LogP contribution >= 0.6 is 0 Å². The highest BCUT2D eigenvalue weighted by Crippen LogP contribution is 2.15. The Bertz CT molecular complexity index is 542. The van der Waals surface area contributed by atoms with Gasteiger partial charge in [-0.2, -0.15) is 0 Å². The van der Waals surface area contributed by atoms with Crippen molar-refractivity contribution >= 4 is 10.0 Å². The fourth-order valence-electron chi connectivity index (χ4n) is 2.20. The van der Waals surface area contributed by atoms with Gasteiger partial charge in [0.1, 0.15) is 0 Å². The van der Waals surface area contributed by atoms with Crippen molar-refractivity contribution in [1.82, 2.24) is 10.0 Å². The quantitative estimate of drug-likeness (QED) is 0.598. The molecule has 0 aromatic heterocycles. The first kappa shape index (κ1) is 15.2. The summed E-state index contributed by atoms with van der Waals surface area (Å²) in [5.74, 6) is 0. The molecule has 0 radical (unpaired) electrons. The van der Waals surface area contributed by atoms with Gasteiger partial charge < -0.3 is 5.32 Å². The molecule has 0 heterocycles. The van der Waals surface area contributed by atoms with Crippen molar-refractivity contribution in [2.45, 2.75) is 43.7 Å². The number of benzene rings is 1. The molecule has 0 spiro atoms. The molecule has 2 N–H and O–H groups in total. The number of nitrogens with one attached hydrogen (secondary N) is 2. The molecular formula is C15H22N2O2S. The zero-order valence-corrected chi connectivity index (χ0v) is 12.6. The zero-order valence-electron chi connectivity index (χ0n) is 11.8. The van der Waals surface area contributed by atoms with E-state index in [9.17, 15) is 8.42 Å². The van der Waals surface area contributed by atoms with Gasteiger partial charge in [0, 0.05) is 12.6 Å². The normalized spacial score (nSPS) is 15.8. The van der Waals surface area contributed by atoms with Gasteiger partial charge in [0.25, 0.3) is 0 Å². The summed E-state index contributed by atoms with van der Waals surface area (Å²) < 4.78 is 27.1. The molecule has 0 bridgehead atoms. The fraction of sp³-hybridized carbons (Fsp3) is 0.467. The summed E-state index contributed by atoms with van der Waals surface area (Å²) in [6.45, 7) is 3.86. The van der Waals surface area contributed by atoms with E-state index in [0.29, 0.717) is 4.90 Å². The van der Waals surface area contributed by atoms with Crippen molar-refractivity contribution in [3.05, 3.63) is 42.0 Å². The average Bonchev–Trinajstić information content (AvgIpc) is 2.92. The Kier molecular flexibility index (Phi) is 5.34. The summed E-state index contributed by atoms with van der Waals surface area (Å²) in [7, 11) is -3.40. The molecule has 0 amide bonds. The number of sulfonamides is 1. The predicted octanol–water partition coefficient (Wildman–Crippen LogP) is 2.18. The molecule has 0 aliphatic heterocycles. The molecule has 110 valence electrons. The van der Waals surface area contributed by atoms with Crippen LogP contribution in [0, 0.1) is 0 Å². The van der Waals surface area contributed by atoms with E-state index in [0.717, 1.165) is 37.9 Å². The molecule has 1 aliphatic rings. The van der Waals surface area contributed by atoms with Crippen LogP contribution in [0.15, 0.2) is 41.3 Å².